The van der Waals surface area contributed by atoms with Crippen LogP contribution < -0.4 is 15.2 Å². The van der Waals surface area contributed by atoms with E-state index < -0.39 is 5.82 Å². The van der Waals surface area contributed by atoms with Gasteiger partial charge in [-0.2, -0.15) is 0 Å². The number of morpholine rings is 1. The highest BCUT2D eigenvalue weighted by Crippen LogP contribution is 2.40. The number of nitrogens with zero attached hydrogens (tertiary/aromatic N) is 4. The van der Waals surface area contributed by atoms with Crippen LogP contribution in [0.2, 0.25) is 0 Å². The first-order valence-electron chi connectivity index (χ1n) is 10.3. The number of fused-ring (bicyclic) bond motifs is 3. The van der Waals surface area contributed by atoms with Crippen molar-refractivity contribution in [2.75, 3.05) is 25.2 Å². The van der Waals surface area contributed by atoms with Crippen LogP contribution in [-0.2, 0) is 18.2 Å². The second-order valence-electron chi connectivity index (χ2n) is 7.85. The fourth-order valence-electron chi connectivity index (χ4n) is 4.57. The van der Waals surface area contributed by atoms with Crippen LogP contribution in [0.1, 0.15) is 23.7 Å². The molecule has 0 saturated carbocycles. The van der Waals surface area contributed by atoms with Gasteiger partial charge in [0.15, 0.2) is 5.82 Å². The summed E-state index contributed by atoms with van der Waals surface area (Å²) in [5.74, 6) is 0.803. The van der Waals surface area contributed by atoms with Crippen LogP contribution in [0.3, 0.4) is 0 Å². The summed E-state index contributed by atoms with van der Waals surface area (Å²) in [7, 11) is 3.35. The Morgan fingerprint density at radius 2 is 2.13 bits per heavy atom. The van der Waals surface area contributed by atoms with E-state index in [-0.39, 0.29) is 23.3 Å². The molecule has 3 heterocycles. The number of methoxy groups -OCH3 is 1. The number of rotatable bonds is 3. The molecule has 1 fully saturated rings. The van der Waals surface area contributed by atoms with E-state index in [1.54, 1.807) is 14.2 Å². The zero-order valence-electron chi connectivity index (χ0n) is 17.4. The maximum absolute atomic E-state index is 14.3. The molecule has 7 nitrogen and oxygen atoms in total. The number of hydrogen-bond donors (Lipinski definition) is 0. The number of aromatic nitrogens is 3. The molecule has 8 heteroatoms. The third-order valence-corrected chi connectivity index (χ3v) is 6.16. The molecule has 2 aliphatic rings. The molecular weight excluding hydrogens is 399 g/mol. The van der Waals surface area contributed by atoms with Crippen molar-refractivity contribution >= 4 is 5.95 Å². The molecule has 2 atom stereocenters. The van der Waals surface area contributed by atoms with Crippen molar-refractivity contribution in [3.05, 3.63) is 70.0 Å². The van der Waals surface area contributed by atoms with Gasteiger partial charge in [0.25, 0.3) is 5.56 Å². The normalized spacial score (nSPS) is 20.2. The minimum atomic E-state index is -0.507. The Morgan fingerprint density at radius 3 is 2.94 bits per heavy atom. The second-order valence-corrected chi connectivity index (χ2v) is 7.85. The molecular formula is C23H23FN4O3. The third-order valence-electron chi connectivity index (χ3n) is 6.16. The summed E-state index contributed by atoms with van der Waals surface area (Å²) in [4.78, 5) is 23.4. The Hall–Kier alpha value is -3.26. The predicted molar refractivity (Wildman–Crippen MR) is 114 cm³/mol. The first-order valence-corrected chi connectivity index (χ1v) is 10.3. The fourth-order valence-corrected chi connectivity index (χ4v) is 4.57. The lowest BCUT2D eigenvalue weighted by atomic mass is 9.84. The smallest absolute Gasteiger partial charge is 0.255 e. The summed E-state index contributed by atoms with van der Waals surface area (Å²) < 4.78 is 27.4. The summed E-state index contributed by atoms with van der Waals surface area (Å²) in [6.07, 6.45) is 4.24. The molecule has 1 aromatic carbocycles. The van der Waals surface area contributed by atoms with E-state index in [0.717, 1.165) is 30.4 Å². The van der Waals surface area contributed by atoms with Gasteiger partial charge in [0.2, 0.25) is 5.95 Å². The van der Waals surface area contributed by atoms with Crippen LogP contribution >= 0.6 is 0 Å². The van der Waals surface area contributed by atoms with E-state index in [0.29, 0.717) is 24.8 Å². The number of aryl methyl sites for hydroxylation is 1. The van der Waals surface area contributed by atoms with Crippen LogP contribution in [-0.4, -0.2) is 40.8 Å². The third kappa shape index (κ3) is 3.37. The molecule has 0 bridgehead atoms. The molecule has 0 spiro atoms. The van der Waals surface area contributed by atoms with Crippen molar-refractivity contribution in [3.8, 4) is 17.0 Å². The van der Waals surface area contributed by atoms with Gasteiger partial charge in [-0.3, -0.25) is 14.3 Å². The number of ether oxygens (including phenoxy) is 2. The molecule has 3 aromatic rings. The van der Waals surface area contributed by atoms with E-state index in [1.165, 1.54) is 28.5 Å². The van der Waals surface area contributed by atoms with Crippen molar-refractivity contribution in [3.63, 3.8) is 0 Å². The molecule has 1 saturated heterocycles. The zero-order chi connectivity index (χ0) is 21.5. The largest absolute Gasteiger partial charge is 0.497 e. The molecule has 0 amide bonds. The summed E-state index contributed by atoms with van der Waals surface area (Å²) >= 11 is 0. The molecule has 5 rings (SSSR count). The first kappa shape index (κ1) is 19.7. The molecule has 0 unspecified atom stereocenters. The van der Waals surface area contributed by atoms with Crippen molar-refractivity contribution in [2.24, 2.45) is 7.05 Å². The van der Waals surface area contributed by atoms with Crippen molar-refractivity contribution in [2.45, 2.75) is 25.0 Å². The van der Waals surface area contributed by atoms with Crippen molar-refractivity contribution < 1.29 is 13.9 Å². The van der Waals surface area contributed by atoms with Gasteiger partial charge in [-0.25, -0.2) is 9.37 Å². The fraction of sp³-hybridized carbons (Fsp3) is 0.348. The predicted octanol–water partition coefficient (Wildman–Crippen LogP) is 2.88. The summed E-state index contributed by atoms with van der Waals surface area (Å²) in [6, 6.07) is 9.01. The second kappa shape index (κ2) is 7.77. The average Bonchev–Trinajstić information content (AvgIpc) is 2.80. The molecule has 31 heavy (non-hydrogen) atoms. The quantitative estimate of drug-likeness (QED) is 0.647. The topological polar surface area (TPSA) is 69.5 Å². The maximum Gasteiger partial charge on any atom is 0.255 e. The number of halogens is 1. The van der Waals surface area contributed by atoms with Gasteiger partial charge in [-0.1, -0.05) is 6.07 Å². The van der Waals surface area contributed by atoms with Gasteiger partial charge in [-0.05, 0) is 42.2 Å². The number of anilines is 1. The average molecular weight is 422 g/mol. The summed E-state index contributed by atoms with van der Waals surface area (Å²) in [5, 5.41) is 0. The van der Waals surface area contributed by atoms with E-state index in [2.05, 4.69) is 16.0 Å². The van der Waals surface area contributed by atoms with Crippen LogP contribution in [0, 0.1) is 5.82 Å². The standard InChI is InChI=1S/C23H23FN4O3/c1-27-21(29)12-19(16-7-8-25-13-18(16)24)26-23(27)28-9-10-31-22-17-11-15(30-2)5-3-14(17)4-6-20(22)28/h3,5,7-8,11-13,20,22H,4,6,9-10H2,1-2H3/t20-,22+/m0/s1. The van der Waals surface area contributed by atoms with Crippen LogP contribution in [0.25, 0.3) is 11.3 Å². The van der Waals surface area contributed by atoms with Crippen LogP contribution in [0.15, 0.2) is 47.5 Å². The van der Waals surface area contributed by atoms with Gasteiger partial charge >= 0.3 is 0 Å². The molecule has 160 valence electrons. The SMILES string of the molecule is COc1ccc2c(c1)[C@H]1OCCN(c3nc(-c4ccncc4F)cc(=O)n3C)[C@H]1CC2. The number of hydrogen-bond acceptors (Lipinski definition) is 6. The molecule has 1 aliphatic carbocycles. The van der Waals surface area contributed by atoms with Gasteiger partial charge < -0.3 is 14.4 Å². The van der Waals surface area contributed by atoms with Gasteiger partial charge in [0.1, 0.15) is 11.9 Å². The van der Waals surface area contributed by atoms with Crippen molar-refractivity contribution in [1.82, 2.24) is 14.5 Å². The number of benzene rings is 1. The highest BCUT2D eigenvalue weighted by atomic mass is 19.1. The summed E-state index contributed by atoms with van der Waals surface area (Å²) in [6.45, 7) is 1.10. The monoisotopic (exact) mass is 422 g/mol. The maximum atomic E-state index is 14.3. The highest BCUT2D eigenvalue weighted by Gasteiger charge is 2.39. The Balaban J connectivity index is 1.58. The Morgan fingerprint density at radius 1 is 1.26 bits per heavy atom. The number of pyridine rings is 1. The van der Waals surface area contributed by atoms with Gasteiger partial charge in [0, 0.05) is 31.4 Å². The van der Waals surface area contributed by atoms with Gasteiger partial charge in [-0.15, -0.1) is 0 Å². The highest BCUT2D eigenvalue weighted by molar-refractivity contribution is 5.60. The van der Waals surface area contributed by atoms with E-state index in [1.807, 2.05) is 12.1 Å². The lowest BCUT2D eigenvalue weighted by molar-refractivity contribution is 0.00164. The van der Waals surface area contributed by atoms with E-state index >= 15 is 0 Å². The zero-order valence-corrected chi connectivity index (χ0v) is 17.4. The van der Waals surface area contributed by atoms with Crippen LogP contribution in [0.4, 0.5) is 10.3 Å². The minimum absolute atomic E-state index is 0.0176. The molecule has 1 aliphatic heterocycles. The minimum Gasteiger partial charge on any atom is -0.497 e. The molecule has 0 radical (unpaired) electrons. The Labute approximate surface area is 179 Å². The Bertz CT molecular complexity index is 1200. The first-order chi connectivity index (χ1) is 15.1. The van der Waals surface area contributed by atoms with Gasteiger partial charge in [0.05, 0.1) is 31.6 Å². The lowest BCUT2D eigenvalue weighted by Crippen LogP contribution is -2.51. The van der Waals surface area contributed by atoms with E-state index in [4.69, 9.17) is 14.5 Å². The van der Waals surface area contributed by atoms with Crippen LogP contribution in [0.5, 0.6) is 5.75 Å². The molecule has 2 aromatic heterocycles. The van der Waals surface area contributed by atoms with Crippen molar-refractivity contribution in [1.29, 1.82) is 0 Å². The lowest BCUT2D eigenvalue weighted by Gasteiger charge is -2.45. The Kier molecular flexibility index (Phi) is 4.94. The molecule has 0 N–H and O–H groups in total. The summed E-state index contributed by atoms with van der Waals surface area (Å²) in [5.41, 5.74) is 2.69. The van der Waals surface area contributed by atoms with E-state index in [9.17, 15) is 9.18 Å².